The van der Waals surface area contributed by atoms with E-state index in [2.05, 4.69) is 4.74 Å². The van der Waals surface area contributed by atoms with E-state index in [0.717, 1.165) is 13.2 Å². The molecular formula is C11H13NO7S. The molecular weight excluding hydrogens is 290 g/mol. The van der Waals surface area contributed by atoms with Crippen molar-refractivity contribution < 1.29 is 33.0 Å². The van der Waals surface area contributed by atoms with Crippen LogP contribution >= 0.6 is 0 Å². The van der Waals surface area contributed by atoms with Gasteiger partial charge < -0.3 is 14.9 Å². The fourth-order valence-corrected chi connectivity index (χ4v) is 2.77. The molecule has 0 aromatic heterocycles. The maximum absolute atomic E-state index is 12.1. The smallest absolute Gasteiger partial charge is 0.339 e. The summed E-state index contributed by atoms with van der Waals surface area (Å²) in [5.74, 6) is -2.41. The van der Waals surface area contributed by atoms with E-state index in [-0.39, 0.29) is 5.56 Å². The van der Waals surface area contributed by atoms with Gasteiger partial charge in [0.15, 0.2) is 0 Å². The molecule has 1 aromatic rings. The number of ether oxygens (including phenoxy) is 1. The highest BCUT2D eigenvalue weighted by atomic mass is 32.2. The predicted molar refractivity (Wildman–Crippen MR) is 66.6 cm³/mol. The Morgan fingerprint density at radius 3 is 2.45 bits per heavy atom. The van der Waals surface area contributed by atoms with Gasteiger partial charge in [0.2, 0.25) is 10.0 Å². The van der Waals surface area contributed by atoms with Crippen LogP contribution in [0.25, 0.3) is 0 Å². The molecule has 0 amide bonds. The number of aliphatic carboxylic acids is 1. The van der Waals surface area contributed by atoms with Crippen LogP contribution in [0.1, 0.15) is 10.4 Å². The predicted octanol–water partition coefficient (Wildman–Crippen LogP) is -0.803. The standard InChI is InChI=1S/C11H13NO7S/c1-19-11(16)7-4-2-3-5-9(7)20(17,18)12-8(6-13)10(14)15/h2-5,8,12-13H,6H2,1H3,(H,14,15). The minimum atomic E-state index is -4.29. The molecule has 0 aliphatic heterocycles. The lowest BCUT2D eigenvalue weighted by molar-refractivity contribution is -0.139. The minimum Gasteiger partial charge on any atom is -0.480 e. The van der Waals surface area contributed by atoms with Crippen molar-refractivity contribution in [2.45, 2.75) is 10.9 Å². The molecule has 0 radical (unpaired) electrons. The third-order valence-corrected chi connectivity index (χ3v) is 3.89. The van der Waals surface area contributed by atoms with E-state index in [4.69, 9.17) is 10.2 Å². The average molecular weight is 303 g/mol. The first-order chi connectivity index (χ1) is 9.33. The lowest BCUT2D eigenvalue weighted by Crippen LogP contribution is -2.43. The van der Waals surface area contributed by atoms with E-state index in [9.17, 15) is 18.0 Å². The van der Waals surface area contributed by atoms with Crippen LogP contribution in [-0.2, 0) is 19.6 Å². The fourth-order valence-electron chi connectivity index (χ4n) is 1.40. The van der Waals surface area contributed by atoms with Gasteiger partial charge in [-0.25, -0.2) is 13.2 Å². The first kappa shape index (κ1) is 16.1. The van der Waals surface area contributed by atoms with E-state index in [1.165, 1.54) is 18.2 Å². The molecule has 1 atom stereocenters. The summed E-state index contributed by atoms with van der Waals surface area (Å²) in [5, 5.41) is 17.6. The monoisotopic (exact) mass is 303 g/mol. The van der Waals surface area contributed by atoms with E-state index in [1.807, 2.05) is 0 Å². The molecule has 3 N–H and O–H groups in total. The van der Waals surface area contributed by atoms with Gasteiger partial charge in [0.05, 0.1) is 24.2 Å². The second kappa shape index (κ2) is 6.46. The van der Waals surface area contributed by atoms with Crippen LogP contribution in [0, 0.1) is 0 Å². The van der Waals surface area contributed by atoms with Gasteiger partial charge in [-0.05, 0) is 12.1 Å². The number of nitrogens with one attached hydrogen (secondary N) is 1. The van der Waals surface area contributed by atoms with E-state index in [1.54, 1.807) is 4.72 Å². The number of methoxy groups -OCH3 is 1. The van der Waals surface area contributed by atoms with Crippen LogP contribution < -0.4 is 4.72 Å². The van der Waals surface area contributed by atoms with Gasteiger partial charge in [0.1, 0.15) is 6.04 Å². The van der Waals surface area contributed by atoms with Crippen molar-refractivity contribution in [2.75, 3.05) is 13.7 Å². The highest BCUT2D eigenvalue weighted by molar-refractivity contribution is 7.89. The summed E-state index contributed by atoms with van der Waals surface area (Å²) in [6.45, 7) is -0.922. The second-order valence-corrected chi connectivity index (χ2v) is 5.36. The Balaban J connectivity index is 3.23. The Hall–Kier alpha value is -1.97. The van der Waals surface area contributed by atoms with Gasteiger partial charge in [-0.2, -0.15) is 4.72 Å². The fraction of sp³-hybridized carbons (Fsp3) is 0.273. The topological polar surface area (TPSA) is 130 Å². The molecule has 0 heterocycles. The maximum Gasteiger partial charge on any atom is 0.339 e. The molecule has 20 heavy (non-hydrogen) atoms. The van der Waals surface area contributed by atoms with Crippen LogP contribution in [0.5, 0.6) is 0 Å². The van der Waals surface area contributed by atoms with Crippen molar-refractivity contribution >= 4 is 22.0 Å². The van der Waals surface area contributed by atoms with Crippen molar-refractivity contribution in [3.63, 3.8) is 0 Å². The maximum atomic E-state index is 12.1. The molecule has 1 aromatic carbocycles. The first-order valence-electron chi connectivity index (χ1n) is 5.36. The highest BCUT2D eigenvalue weighted by Crippen LogP contribution is 2.16. The number of hydrogen-bond acceptors (Lipinski definition) is 6. The molecule has 0 spiro atoms. The van der Waals surface area contributed by atoms with Gasteiger partial charge in [0, 0.05) is 0 Å². The lowest BCUT2D eigenvalue weighted by Gasteiger charge is -2.14. The normalized spacial score (nSPS) is 12.7. The van der Waals surface area contributed by atoms with Crippen LogP contribution in [0.3, 0.4) is 0 Å². The summed E-state index contributed by atoms with van der Waals surface area (Å²) < 4.78 is 30.4. The van der Waals surface area contributed by atoms with Crippen molar-refractivity contribution in [3.8, 4) is 0 Å². The summed E-state index contributed by atoms with van der Waals surface area (Å²) in [4.78, 5) is 21.8. The van der Waals surface area contributed by atoms with E-state index in [0.29, 0.717) is 0 Å². The van der Waals surface area contributed by atoms with Gasteiger partial charge in [0.25, 0.3) is 0 Å². The number of carboxylic acid groups (broad SMARTS) is 1. The number of aliphatic hydroxyl groups is 1. The van der Waals surface area contributed by atoms with Crippen molar-refractivity contribution in [1.29, 1.82) is 0 Å². The summed E-state index contributed by atoms with van der Waals surface area (Å²) in [6, 6.07) is 3.47. The molecule has 9 heteroatoms. The zero-order valence-corrected chi connectivity index (χ0v) is 11.3. The van der Waals surface area contributed by atoms with Crippen LogP contribution in [0.4, 0.5) is 0 Å². The number of hydrogen-bond donors (Lipinski definition) is 3. The minimum absolute atomic E-state index is 0.232. The van der Waals surface area contributed by atoms with Gasteiger partial charge >= 0.3 is 11.9 Å². The summed E-state index contributed by atoms with van der Waals surface area (Å²) in [6.07, 6.45) is 0. The molecule has 110 valence electrons. The molecule has 0 bridgehead atoms. The number of sulfonamides is 1. The third kappa shape index (κ3) is 3.53. The molecule has 0 fully saturated rings. The Bertz CT molecular complexity index is 611. The van der Waals surface area contributed by atoms with Gasteiger partial charge in [-0.15, -0.1) is 0 Å². The van der Waals surface area contributed by atoms with Crippen LogP contribution in [-0.4, -0.2) is 50.3 Å². The zero-order valence-electron chi connectivity index (χ0n) is 10.4. The molecule has 1 rings (SSSR count). The molecule has 0 saturated carbocycles. The molecule has 1 unspecified atom stereocenters. The number of carbonyl (C=O) groups is 2. The molecule has 8 nitrogen and oxygen atoms in total. The number of rotatable bonds is 6. The summed E-state index contributed by atoms with van der Waals surface area (Å²) >= 11 is 0. The van der Waals surface area contributed by atoms with Crippen LogP contribution in [0.2, 0.25) is 0 Å². The summed E-state index contributed by atoms with van der Waals surface area (Å²) in [5.41, 5.74) is -0.232. The first-order valence-corrected chi connectivity index (χ1v) is 6.85. The zero-order chi connectivity index (χ0) is 15.3. The van der Waals surface area contributed by atoms with E-state index < -0.39 is 39.5 Å². The van der Waals surface area contributed by atoms with E-state index >= 15 is 0 Å². The van der Waals surface area contributed by atoms with Crippen molar-refractivity contribution in [1.82, 2.24) is 4.72 Å². The Kier molecular flexibility index (Phi) is 5.19. The molecule has 0 aliphatic rings. The van der Waals surface area contributed by atoms with Gasteiger partial charge in [-0.1, -0.05) is 12.1 Å². The Labute approximate surface area is 115 Å². The molecule has 0 aliphatic carbocycles. The molecule has 0 saturated heterocycles. The van der Waals surface area contributed by atoms with Crippen molar-refractivity contribution in [2.24, 2.45) is 0 Å². The lowest BCUT2D eigenvalue weighted by atomic mass is 10.2. The average Bonchev–Trinajstić information content (AvgIpc) is 2.43. The van der Waals surface area contributed by atoms with Crippen LogP contribution in [0.15, 0.2) is 29.2 Å². The highest BCUT2D eigenvalue weighted by Gasteiger charge is 2.28. The number of esters is 1. The van der Waals surface area contributed by atoms with Gasteiger partial charge in [-0.3, -0.25) is 4.79 Å². The number of aliphatic hydroxyl groups excluding tert-OH is 1. The largest absolute Gasteiger partial charge is 0.480 e. The third-order valence-electron chi connectivity index (χ3n) is 2.36. The SMILES string of the molecule is COC(=O)c1ccccc1S(=O)(=O)NC(CO)C(=O)O. The quantitative estimate of drug-likeness (QED) is 0.586. The number of benzene rings is 1. The number of carbonyl (C=O) groups excluding carboxylic acids is 1. The second-order valence-electron chi connectivity index (χ2n) is 3.68. The number of carboxylic acids is 1. The summed E-state index contributed by atoms with van der Waals surface area (Å²) in [7, 11) is -3.20. The Morgan fingerprint density at radius 2 is 1.95 bits per heavy atom. The Morgan fingerprint density at radius 1 is 1.35 bits per heavy atom. The van der Waals surface area contributed by atoms with Crippen molar-refractivity contribution in [3.05, 3.63) is 29.8 Å².